The molecule has 0 radical (unpaired) electrons. The van der Waals surface area contributed by atoms with Gasteiger partial charge in [-0.1, -0.05) is 91.1 Å². The lowest BCUT2D eigenvalue weighted by Crippen LogP contribution is -2.32. The van der Waals surface area contributed by atoms with Gasteiger partial charge >= 0.3 is 0 Å². The van der Waals surface area contributed by atoms with Gasteiger partial charge in [-0.05, 0) is 81.0 Å². The monoisotopic (exact) mass is 466 g/mol. The fourth-order valence-corrected chi connectivity index (χ4v) is 6.53. The van der Waals surface area contributed by atoms with Crippen LogP contribution in [0.3, 0.4) is 0 Å². The van der Waals surface area contributed by atoms with Gasteiger partial charge in [-0.2, -0.15) is 0 Å². The van der Waals surface area contributed by atoms with Crippen molar-refractivity contribution in [3.05, 3.63) is 155 Å². The van der Waals surface area contributed by atoms with Crippen LogP contribution in [0.1, 0.15) is 23.1 Å². The van der Waals surface area contributed by atoms with Crippen molar-refractivity contribution < 1.29 is 10.2 Å². The van der Waals surface area contributed by atoms with Crippen molar-refractivity contribution >= 4 is 16.3 Å². The quantitative estimate of drug-likeness (QED) is 0.404. The molecular formula is C34H26O2. The van der Waals surface area contributed by atoms with Crippen molar-refractivity contribution in [2.24, 2.45) is 11.8 Å². The number of benzene rings is 3. The van der Waals surface area contributed by atoms with Gasteiger partial charge < -0.3 is 10.2 Å². The number of aliphatic hydroxyl groups excluding tert-OH is 1. The summed E-state index contributed by atoms with van der Waals surface area (Å²) in [5.41, 5.74) is 8.35. The lowest BCUT2D eigenvalue weighted by Gasteiger charge is -2.39. The Bertz CT molecular complexity index is 1660. The molecule has 0 fully saturated rings. The van der Waals surface area contributed by atoms with Gasteiger partial charge in [-0.25, -0.2) is 0 Å². The molecule has 7 rings (SSSR count). The molecule has 4 aliphatic carbocycles. The zero-order valence-corrected chi connectivity index (χ0v) is 19.9. The van der Waals surface area contributed by atoms with Gasteiger partial charge in [0.2, 0.25) is 0 Å². The first-order valence-electron chi connectivity index (χ1n) is 12.5. The van der Waals surface area contributed by atoms with E-state index in [4.69, 9.17) is 0 Å². The molecule has 3 unspecified atom stereocenters. The smallest absolute Gasteiger partial charge is 0.116 e. The predicted molar refractivity (Wildman–Crippen MR) is 147 cm³/mol. The average Bonchev–Trinajstić information content (AvgIpc) is 3.18. The first kappa shape index (κ1) is 21.0. The number of allylic oxidation sites excluding steroid dienone is 12. The van der Waals surface area contributed by atoms with E-state index < -0.39 is 5.41 Å². The van der Waals surface area contributed by atoms with Crippen LogP contribution < -0.4 is 0 Å². The SMILES string of the molecule is C=C1C=CC2=C(C1)c1ccccc1C2(C1=CC2C=CC(O)=CC2C=C1)c1ccc2cc(O)ccc2c1. The summed E-state index contributed by atoms with van der Waals surface area (Å²) >= 11 is 0. The number of hydrogen-bond acceptors (Lipinski definition) is 2. The van der Waals surface area contributed by atoms with Crippen molar-refractivity contribution in [3.63, 3.8) is 0 Å². The first-order valence-corrected chi connectivity index (χ1v) is 12.5. The third-order valence-electron chi connectivity index (χ3n) is 8.13. The predicted octanol–water partition coefficient (Wildman–Crippen LogP) is 7.86. The number of phenols is 1. The van der Waals surface area contributed by atoms with Crippen LogP contribution in [0, 0.1) is 11.8 Å². The second-order valence-electron chi connectivity index (χ2n) is 10.2. The van der Waals surface area contributed by atoms with Crippen molar-refractivity contribution in [1.29, 1.82) is 0 Å². The Hall–Kier alpha value is -4.30. The zero-order chi connectivity index (χ0) is 24.4. The Morgan fingerprint density at radius 3 is 2.47 bits per heavy atom. The van der Waals surface area contributed by atoms with Crippen LogP contribution in [-0.4, -0.2) is 10.2 Å². The van der Waals surface area contributed by atoms with Crippen LogP contribution in [0.25, 0.3) is 16.3 Å². The minimum absolute atomic E-state index is 0.155. The molecule has 4 aliphatic rings. The van der Waals surface area contributed by atoms with E-state index in [0.29, 0.717) is 5.76 Å². The summed E-state index contributed by atoms with van der Waals surface area (Å²) in [7, 11) is 0. The molecule has 0 saturated heterocycles. The fourth-order valence-electron chi connectivity index (χ4n) is 6.53. The van der Waals surface area contributed by atoms with Gasteiger partial charge in [0.05, 0.1) is 5.41 Å². The molecule has 2 N–H and O–H groups in total. The van der Waals surface area contributed by atoms with E-state index in [9.17, 15) is 10.2 Å². The minimum Gasteiger partial charge on any atom is -0.508 e. The van der Waals surface area contributed by atoms with Gasteiger partial charge in [-0.15, -0.1) is 0 Å². The Balaban J connectivity index is 1.54. The average molecular weight is 467 g/mol. The molecule has 174 valence electrons. The van der Waals surface area contributed by atoms with Gasteiger partial charge in [0.1, 0.15) is 11.5 Å². The molecule has 0 spiro atoms. The summed E-state index contributed by atoms with van der Waals surface area (Å²) in [4.78, 5) is 0. The molecule has 2 heteroatoms. The first-order chi connectivity index (χ1) is 17.5. The van der Waals surface area contributed by atoms with Crippen molar-refractivity contribution in [2.75, 3.05) is 0 Å². The number of aliphatic hydroxyl groups is 1. The highest BCUT2D eigenvalue weighted by Gasteiger charge is 2.48. The minimum atomic E-state index is -0.465. The number of rotatable bonds is 2. The van der Waals surface area contributed by atoms with Crippen LogP contribution >= 0.6 is 0 Å². The third kappa shape index (κ3) is 2.91. The Kier molecular flexibility index (Phi) is 4.44. The largest absolute Gasteiger partial charge is 0.508 e. The van der Waals surface area contributed by atoms with E-state index in [1.165, 1.54) is 33.4 Å². The molecule has 0 aromatic heterocycles. The van der Waals surface area contributed by atoms with Crippen LogP contribution in [0.2, 0.25) is 0 Å². The number of fused-ring (bicyclic) bond motifs is 4. The van der Waals surface area contributed by atoms with Gasteiger partial charge in [0.15, 0.2) is 0 Å². The lowest BCUT2D eigenvalue weighted by molar-refractivity contribution is 0.416. The summed E-state index contributed by atoms with van der Waals surface area (Å²) in [6.07, 6.45) is 18.0. The summed E-state index contributed by atoms with van der Waals surface area (Å²) in [6.45, 7) is 4.28. The summed E-state index contributed by atoms with van der Waals surface area (Å²) in [6, 6.07) is 21.0. The third-order valence-corrected chi connectivity index (χ3v) is 8.13. The van der Waals surface area contributed by atoms with Crippen LogP contribution in [0.5, 0.6) is 5.75 Å². The molecule has 0 saturated carbocycles. The maximum atomic E-state index is 10.1. The lowest BCUT2D eigenvalue weighted by atomic mass is 9.63. The molecule has 0 heterocycles. The van der Waals surface area contributed by atoms with E-state index in [2.05, 4.69) is 85.5 Å². The van der Waals surface area contributed by atoms with Crippen molar-refractivity contribution in [3.8, 4) is 5.75 Å². The number of phenolic OH excluding ortho intramolecular Hbond substituents is 1. The fraction of sp³-hybridized carbons (Fsp3) is 0.118. The molecule has 3 atom stereocenters. The second-order valence-corrected chi connectivity index (χ2v) is 10.2. The van der Waals surface area contributed by atoms with E-state index >= 15 is 0 Å². The van der Waals surface area contributed by atoms with Crippen LogP contribution in [0.4, 0.5) is 0 Å². The number of hydrogen-bond donors (Lipinski definition) is 2. The normalized spacial score (nSPS) is 25.9. The van der Waals surface area contributed by atoms with E-state index in [1.807, 2.05) is 18.2 Å². The van der Waals surface area contributed by atoms with Gasteiger partial charge in [0, 0.05) is 11.8 Å². The maximum absolute atomic E-state index is 10.1. The molecule has 0 bridgehead atoms. The highest BCUT2D eigenvalue weighted by Crippen LogP contribution is 2.59. The molecule has 2 nitrogen and oxygen atoms in total. The standard InChI is InChI=1S/C34H26O2/c1-21-6-15-33-31(16-21)30-4-2-3-5-32(30)34(33,26-11-7-24-19-28(35)13-9-22(24)17-26)27-12-8-25-20-29(36)14-10-23(25)18-27/h2-15,17-20,22,24,35-36H,1,16H2. The van der Waals surface area contributed by atoms with E-state index in [1.54, 1.807) is 12.1 Å². The highest BCUT2D eigenvalue weighted by molar-refractivity contribution is 5.92. The molecule has 3 aromatic carbocycles. The molecule has 0 amide bonds. The van der Waals surface area contributed by atoms with E-state index in [-0.39, 0.29) is 17.6 Å². The van der Waals surface area contributed by atoms with Crippen molar-refractivity contribution in [2.45, 2.75) is 11.8 Å². The zero-order valence-electron chi connectivity index (χ0n) is 19.9. The van der Waals surface area contributed by atoms with Gasteiger partial charge in [-0.3, -0.25) is 0 Å². The Labute approximate surface area is 210 Å². The molecule has 0 aliphatic heterocycles. The topological polar surface area (TPSA) is 40.5 Å². The Morgan fingerprint density at radius 2 is 1.56 bits per heavy atom. The second kappa shape index (κ2) is 7.60. The summed E-state index contributed by atoms with van der Waals surface area (Å²) < 4.78 is 0. The van der Waals surface area contributed by atoms with Crippen LogP contribution in [0.15, 0.2) is 138 Å². The molecular weight excluding hydrogens is 440 g/mol. The molecule has 36 heavy (non-hydrogen) atoms. The van der Waals surface area contributed by atoms with Crippen molar-refractivity contribution in [1.82, 2.24) is 0 Å². The summed E-state index contributed by atoms with van der Waals surface area (Å²) in [5.74, 6) is 0.950. The highest BCUT2D eigenvalue weighted by atomic mass is 16.3. The van der Waals surface area contributed by atoms with Gasteiger partial charge in [0.25, 0.3) is 0 Å². The Morgan fingerprint density at radius 1 is 0.778 bits per heavy atom. The molecule has 3 aromatic rings. The summed E-state index contributed by atoms with van der Waals surface area (Å²) in [5, 5.41) is 22.2. The van der Waals surface area contributed by atoms with Crippen LogP contribution in [-0.2, 0) is 5.41 Å². The number of aromatic hydroxyl groups is 1. The van der Waals surface area contributed by atoms with E-state index in [0.717, 1.165) is 22.8 Å². The maximum Gasteiger partial charge on any atom is 0.116 e.